The van der Waals surface area contributed by atoms with E-state index in [1.807, 2.05) is 0 Å². The van der Waals surface area contributed by atoms with Gasteiger partial charge in [-0.25, -0.2) is 4.57 Å². The summed E-state index contributed by atoms with van der Waals surface area (Å²) in [5, 5.41) is 0. The topological polar surface area (TPSA) is 117 Å². The summed E-state index contributed by atoms with van der Waals surface area (Å²) in [6.45, 7) is 4.70. The highest BCUT2D eigenvalue weighted by molar-refractivity contribution is 7.47. The zero-order valence-electron chi connectivity index (χ0n) is 41.0. The van der Waals surface area contributed by atoms with Crippen LogP contribution in [-0.2, 0) is 27.9 Å². The van der Waals surface area contributed by atoms with E-state index in [0.717, 1.165) is 89.9 Å². The van der Waals surface area contributed by atoms with Crippen molar-refractivity contribution in [3.05, 3.63) is 97.2 Å². The summed E-state index contributed by atoms with van der Waals surface area (Å²) >= 11 is 0. The Morgan fingerprint density at radius 1 is 0.484 bits per heavy atom. The fourth-order valence-corrected chi connectivity index (χ4v) is 7.50. The molecule has 0 amide bonds. The van der Waals surface area contributed by atoms with Gasteiger partial charge in [0.1, 0.15) is 6.10 Å². The maximum absolute atomic E-state index is 12.7. The Morgan fingerprint density at radius 3 is 1.31 bits per heavy atom. The normalized spacial score (nSPS) is 14.1. The van der Waals surface area contributed by atoms with Crippen LogP contribution in [0.3, 0.4) is 0 Å². The number of ether oxygens (including phenoxy) is 2. The lowest BCUT2D eigenvalue weighted by atomic mass is 10.0. The van der Waals surface area contributed by atoms with Gasteiger partial charge in [0.05, 0.1) is 19.8 Å². The number of hydrogen-bond donors (Lipinski definition) is 2. The highest BCUT2D eigenvalue weighted by atomic mass is 31.2. The summed E-state index contributed by atoms with van der Waals surface area (Å²) in [4.78, 5) is 22.6. The monoisotopic (exact) mass is 914 g/mol. The molecule has 64 heavy (non-hydrogen) atoms. The van der Waals surface area contributed by atoms with Crippen molar-refractivity contribution in [2.45, 2.75) is 213 Å². The average molecular weight is 914 g/mol. The van der Waals surface area contributed by atoms with E-state index in [2.05, 4.69) is 111 Å². The van der Waals surface area contributed by atoms with Crippen molar-refractivity contribution in [2.75, 3.05) is 33.0 Å². The maximum atomic E-state index is 12.7. The number of esters is 1. The molecule has 0 bridgehead atoms. The Bertz CT molecular complexity index is 1300. The summed E-state index contributed by atoms with van der Waals surface area (Å²) in [6, 6.07) is 0. The molecule has 0 aliphatic carbocycles. The van der Waals surface area contributed by atoms with Crippen LogP contribution in [0.2, 0.25) is 0 Å². The van der Waals surface area contributed by atoms with E-state index in [9.17, 15) is 14.3 Å². The van der Waals surface area contributed by atoms with Crippen LogP contribution in [0.4, 0.5) is 0 Å². The van der Waals surface area contributed by atoms with E-state index in [-0.39, 0.29) is 32.3 Å². The van der Waals surface area contributed by atoms with Gasteiger partial charge in [-0.15, -0.1) is 0 Å². The average Bonchev–Trinajstić information content (AvgIpc) is 3.29. The van der Waals surface area contributed by atoms with E-state index >= 15 is 0 Å². The smallest absolute Gasteiger partial charge is 0.457 e. The Morgan fingerprint density at radius 2 is 0.875 bits per heavy atom. The zero-order chi connectivity index (χ0) is 46.5. The highest BCUT2D eigenvalue weighted by Crippen LogP contribution is 2.43. The lowest BCUT2D eigenvalue weighted by molar-refractivity contribution is -0.154. The van der Waals surface area contributed by atoms with Gasteiger partial charge in [0.25, 0.3) is 0 Å². The van der Waals surface area contributed by atoms with E-state index in [1.54, 1.807) is 0 Å². The van der Waals surface area contributed by atoms with Gasteiger partial charge in [-0.05, 0) is 96.3 Å². The molecule has 9 heteroatoms. The first-order chi connectivity index (χ1) is 31.4. The number of rotatable bonds is 48. The van der Waals surface area contributed by atoms with Gasteiger partial charge in [0.2, 0.25) is 0 Å². The number of carbonyl (C=O) groups excluding carboxylic acids is 1. The highest BCUT2D eigenvalue weighted by Gasteiger charge is 2.25. The fraction of sp³-hybridized carbons (Fsp3) is 0.691. The number of allylic oxidation sites excluding steroid dienone is 16. The van der Waals surface area contributed by atoms with Crippen LogP contribution in [-0.4, -0.2) is 49.9 Å². The van der Waals surface area contributed by atoms with Gasteiger partial charge in [-0.2, -0.15) is 0 Å². The SMILES string of the molecule is CC/C=C\C/C=C\C/C=C\C/C=C\C/C=C\C/C=C\CCCCCOCC(COP(=O)(O)OCCN)OC(=O)CCCCCCCCCCCCC/C=C\C/C=C\CCCCCCC. The van der Waals surface area contributed by atoms with Crippen molar-refractivity contribution in [3.8, 4) is 0 Å². The predicted octanol–water partition coefficient (Wildman–Crippen LogP) is 16.2. The van der Waals surface area contributed by atoms with Crippen molar-refractivity contribution in [1.29, 1.82) is 0 Å². The zero-order valence-corrected chi connectivity index (χ0v) is 41.9. The molecule has 0 spiro atoms. The molecule has 0 fully saturated rings. The van der Waals surface area contributed by atoms with Gasteiger partial charge in [-0.1, -0.05) is 201 Å². The van der Waals surface area contributed by atoms with Crippen molar-refractivity contribution in [3.63, 3.8) is 0 Å². The van der Waals surface area contributed by atoms with Crippen LogP contribution in [0.1, 0.15) is 206 Å². The summed E-state index contributed by atoms with van der Waals surface area (Å²) in [5.41, 5.74) is 5.39. The van der Waals surface area contributed by atoms with Crippen molar-refractivity contribution >= 4 is 13.8 Å². The van der Waals surface area contributed by atoms with Crippen LogP contribution in [0.25, 0.3) is 0 Å². The molecule has 0 aliphatic heterocycles. The molecule has 0 aliphatic rings. The third-order valence-corrected chi connectivity index (χ3v) is 11.5. The number of unbranched alkanes of at least 4 members (excludes halogenated alkanes) is 19. The molecule has 0 aromatic carbocycles. The molecule has 0 rings (SSSR count). The van der Waals surface area contributed by atoms with Gasteiger partial charge in [0.15, 0.2) is 0 Å². The molecule has 3 N–H and O–H groups in total. The van der Waals surface area contributed by atoms with Crippen LogP contribution in [0.5, 0.6) is 0 Å². The molecule has 2 atom stereocenters. The molecule has 0 heterocycles. The maximum Gasteiger partial charge on any atom is 0.472 e. The van der Waals surface area contributed by atoms with Crippen molar-refractivity contribution in [1.82, 2.24) is 0 Å². The van der Waals surface area contributed by atoms with Crippen LogP contribution >= 0.6 is 7.82 Å². The summed E-state index contributed by atoms with van der Waals surface area (Å²) < 4.78 is 33.6. The molecule has 2 unspecified atom stereocenters. The number of phosphoric ester groups is 1. The Kier molecular flexibility index (Phi) is 49.3. The first-order valence-electron chi connectivity index (χ1n) is 25.7. The second-order valence-electron chi connectivity index (χ2n) is 16.6. The molecule has 0 radical (unpaired) electrons. The van der Waals surface area contributed by atoms with E-state index < -0.39 is 13.9 Å². The first-order valence-corrected chi connectivity index (χ1v) is 27.2. The van der Waals surface area contributed by atoms with Crippen LogP contribution in [0.15, 0.2) is 97.2 Å². The van der Waals surface area contributed by atoms with Crippen molar-refractivity contribution < 1.29 is 32.8 Å². The molecule has 0 saturated heterocycles. The fourth-order valence-electron chi connectivity index (χ4n) is 6.74. The van der Waals surface area contributed by atoms with Gasteiger partial charge >= 0.3 is 13.8 Å². The number of phosphoric acid groups is 1. The predicted molar refractivity (Wildman–Crippen MR) is 274 cm³/mol. The summed E-state index contributed by atoms with van der Waals surface area (Å²) in [5.74, 6) is -0.347. The minimum atomic E-state index is -4.30. The standard InChI is InChI=1S/C55H96NO7P/c1-3-5-7-9-11-13-15-17-19-21-23-25-27-28-30-32-34-36-38-40-42-44-46-48-55(57)63-54(53-62-64(58,59)61-51-49-56)52-60-50-47-45-43-41-39-37-35-33-31-29-26-24-22-20-18-16-14-12-10-8-6-4-2/h6,8,12,14-15,17-18,20-21,23-24,26,31,33,37,39,54H,3-5,7,9-11,13,16,19,22,25,27-30,32,34-36,38,40-53,56H2,1-2H3,(H,58,59)/b8-6-,14-12-,17-15-,20-18-,23-21-,26-24-,33-31-,39-37-. The minimum Gasteiger partial charge on any atom is -0.457 e. The quantitative estimate of drug-likeness (QED) is 0.0268. The van der Waals surface area contributed by atoms with Crippen molar-refractivity contribution in [2.24, 2.45) is 5.73 Å². The number of carbonyl (C=O) groups is 1. The summed E-state index contributed by atoms with van der Waals surface area (Å²) in [7, 11) is -4.30. The lowest BCUT2D eigenvalue weighted by Crippen LogP contribution is -2.28. The van der Waals surface area contributed by atoms with Gasteiger partial charge < -0.3 is 20.1 Å². The second-order valence-corrected chi connectivity index (χ2v) is 18.1. The molecular weight excluding hydrogens is 818 g/mol. The minimum absolute atomic E-state index is 0.0873. The Balaban J connectivity index is 4.04. The van der Waals surface area contributed by atoms with Crippen LogP contribution < -0.4 is 5.73 Å². The number of hydrogen-bond acceptors (Lipinski definition) is 7. The van der Waals surface area contributed by atoms with Crippen LogP contribution in [0, 0.1) is 0 Å². The molecule has 368 valence electrons. The first kappa shape index (κ1) is 61.4. The van der Waals surface area contributed by atoms with E-state index in [4.69, 9.17) is 24.3 Å². The third-order valence-electron chi connectivity index (χ3n) is 10.5. The lowest BCUT2D eigenvalue weighted by Gasteiger charge is -2.20. The van der Waals surface area contributed by atoms with Gasteiger partial charge in [-0.3, -0.25) is 13.8 Å². The Hall–Kier alpha value is -2.58. The molecule has 8 nitrogen and oxygen atoms in total. The number of nitrogens with two attached hydrogens (primary N) is 1. The van der Waals surface area contributed by atoms with E-state index in [1.165, 1.54) is 96.3 Å². The second kappa shape index (κ2) is 51.4. The largest absolute Gasteiger partial charge is 0.472 e. The molecule has 0 aromatic rings. The van der Waals surface area contributed by atoms with Gasteiger partial charge in [0, 0.05) is 19.6 Å². The van der Waals surface area contributed by atoms with E-state index in [0.29, 0.717) is 13.0 Å². The molecule has 0 aromatic heterocycles. The molecular formula is C55H96NO7P. The molecule has 0 saturated carbocycles. The summed E-state index contributed by atoms with van der Waals surface area (Å²) in [6.07, 6.45) is 68.7. The Labute approximate surface area is 393 Å². The third kappa shape index (κ3) is 50.4.